The number of carbonyl (C=O) groups is 1. The number of nitrogens with zero attached hydrogens (tertiary/aromatic N) is 2. The number of aliphatic hydroxyl groups excluding tert-OH is 1. The average molecular weight is 315 g/mol. The molecule has 120 valence electrons. The van der Waals surface area contributed by atoms with Crippen LogP contribution in [-0.2, 0) is 0 Å². The van der Waals surface area contributed by atoms with E-state index in [4.69, 9.17) is 0 Å². The lowest BCUT2D eigenvalue weighted by Crippen LogP contribution is -2.37. The van der Waals surface area contributed by atoms with Crippen molar-refractivity contribution in [2.75, 3.05) is 23.4 Å². The zero-order chi connectivity index (χ0) is 16.8. The van der Waals surface area contributed by atoms with Crippen molar-refractivity contribution in [2.24, 2.45) is 0 Å². The molecule has 0 saturated heterocycles. The van der Waals surface area contributed by atoms with Gasteiger partial charge in [-0.25, -0.2) is 4.79 Å². The summed E-state index contributed by atoms with van der Waals surface area (Å²) in [5, 5.41) is 22.8. The van der Waals surface area contributed by atoms with E-state index in [1.54, 1.807) is 18.2 Å². The van der Waals surface area contributed by atoms with Gasteiger partial charge in [-0.05, 0) is 24.6 Å². The van der Waals surface area contributed by atoms with Gasteiger partial charge in [0, 0.05) is 11.8 Å². The minimum atomic E-state index is -0.556. The van der Waals surface area contributed by atoms with Crippen LogP contribution in [0.25, 0.3) is 0 Å². The van der Waals surface area contributed by atoms with Crippen molar-refractivity contribution >= 4 is 23.1 Å². The van der Waals surface area contributed by atoms with E-state index >= 15 is 0 Å². The molecule has 0 fully saturated rings. The molecule has 7 heteroatoms. The van der Waals surface area contributed by atoms with Gasteiger partial charge in [0.25, 0.3) is 5.69 Å². The number of hydrogen-bond acceptors (Lipinski definition) is 4. The molecule has 0 aromatic heterocycles. The van der Waals surface area contributed by atoms with Crippen molar-refractivity contribution in [3.05, 3.63) is 64.2 Å². The van der Waals surface area contributed by atoms with Crippen LogP contribution in [0.4, 0.5) is 21.9 Å². The summed E-state index contributed by atoms with van der Waals surface area (Å²) in [4.78, 5) is 24.3. The molecule has 2 amide bonds. The Kier molecular flexibility index (Phi) is 5.27. The van der Waals surface area contributed by atoms with Gasteiger partial charge in [0.15, 0.2) is 0 Å². The third kappa shape index (κ3) is 3.83. The van der Waals surface area contributed by atoms with Crippen LogP contribution in [0.2, 0.25) is 0 Å². The number of aliphatic hydroxyl groups is 1. The molecule has 0 aliphatic rings. The second kappa shape index (κ2) is 7.37. The van der Waals surface area contributed by atoms with Crippen molar-refractivity contribution in [1.29, 1.82) is 0 Å². The fourth-order valence-corrected chi connectivity index (χ4v) is 2.22. The first kappa shape index (κ1) is 16.4. The number of hydrogen-bond donors (Lipinski definition) is 2. The van der Waals surface area contributed by atoms with E-state index in [0.29, 0.717) is 5.69 Å². The van der Waals surface area contributed by atoms with Crippen molar-refractivity contribution in [2.45, 2.75) is 6.92 Å². The van der Waals surface area contributed by atoms with Crippen molar-refractivity contribution < 1.29 is 14.8 Å². The summed E-state index contributed by atoms with van der Waals surface area (Å²) in [7, 11) is 0. The minimum absolute atomic E-state index is 0.0807. The third-order valence-corrected chi connectivity index (χ3v) is 3.32. The molecule has 0 unspecified atom stereocenters. The maximum atomic E-state index is 12.5. The van der Waals surface area contributed by atoms with E-state index < -0.39 is 11.0 Å². The van der Waals surface area contributed by atoms with Gasteiger partial charge >= 0.3 is 6.03 Å². The van der Waals surface area contributed by atoms with Gasteiger partial charge in [-0.1, -0.05) is 30.3 Å². The maximum Gasteiger partial charge on any atom is 0.326 e. The van der Waals surface area contributed by atoms with E-state index in [1.165, 1.54) is 23.1 Å². The van der Waals surface area contributed by atoms with Crippen molar-refractivity contribution in [3.8, 4) is 0 Å². The number of aryl methyl sites for hydroxylation is 1. The SMILES string of the molecule is Cc1ccccc1N(CCO)C(=O)Nc1ccccc1[N+](=O)[O-]. The van der Waals surface area contributed by atoms with Gasteiger partial charge in [-0.2, -0.15) is 0 Å². The van der Waals surface area contributed by atoms with Gasteiger partial charge in [-0.15, -0.1) is 0 Å². The zero-order valence-corrected chi connectivity index (χ0v) is 12.6. The van der Waals surface area contributed by atoms with Crippen LogP contribution in [0.15, 0.2) is 48.5 Å². The molecule has 2 aromatic rings. The molecule has 2 rings (SSSR count). The van der Waals surface area contributed by atoms with Crippen LogP contribution in [0.5, 0.6) is 0 Å². The van der Waals surface area contributed by atoms with Crippen LogP contribution in [0.3, 0.4) is 0 Å². The Morgan fingerprint density at radius 1 is 1.22 bits per heavy atom. The molecule has 23 heavy (non-hydrogen) atoms. The smallest absolute Gasteiger partial charge is 0.326 e. The van der Waals surface area contributed by atoms with Gasteiger partial charge in [0.1, 0.15) is 5.69 Å². The highest BCUT2D eigenvalue weighted by Crippen LogP contribution is 2.25. The number of nitrogens with one attached hydrogen (secondary N) is 1. The second-order valence-corrected chi connectivity index (χ2v) is 4.87. The van der Waals surface area contributed by atoms with Gasteiger partial charge in [0.05, 0.1) is 18.1 Å². The Morgan fingerprint density at radius 3 is 2.52 bits per heavy atom. The normalized spacial score (nSPS) is 10.2. The number of urea groups is 1. The second-order valence-electron chi connectivity index (χ2n) is 4.87. The first-order valence-corrected chi connectivity index (χ1v) is 7.03. The summed E-state index contributed by atoms with van der Waals surface area (Å²) in [5.41, 5.74) is 1.42. The lowest BCUT2D eigenvalue weighted by molar-refractivity contribution is -0.383. The van der Waals surface area contributed by atoms with Crippen molar-refractivity contribution in [3.63, 3.8) is 0 Å². The standard InChI is InChI=1S/C16H17N3O4/c1-12-6-2-4-8-14(12)18(10-11-20)16(21)17-13-7-3-5-9-15(13)19(22)23/h2-9,20H,10-11H2,1H3,(H,17,21). The summed E-state index contributed by atoms with van der Waals surface area (Å²) in [6, 6.07) is 12.6. The number of carbonyl (C=O) groups excluding carboxylic acids is 1. The Bertz CT molecular complexity index is 718. The third-order valence-electron chi connectivity index (χ3n) is 3.32. The Hall–Kier alpha value is -2.93. The summed E-state index contributed by atoms with van der Waals surface area (Å²) in [5.74, 6) is 0. The number of amides is 2. The van der Waals surface area contributed by atoms with Gasteiger partial charge in [0.2, 0.25) is 0 Å². The predicted molar refractivity (Wildman–Crippen MR) is 87.7 cm³/mol. The monoisotopic (exact) mass is 315 g/mol. The number of anilines is 2. The van der Waals surface area contributed by atoms with E-state index in [2.05, 4.69) is 5.32 Å². The van der Waals surface area contributed by atoms with Crippen LogP contribution in [-0.4, -0.2) is 29.2 Å². The lowest BCUT2D eigenvalue weighted by atomic mass is 10.2. The number of benzene rings is 2. The Labute approximate surface area is 133 Å². The first-order valence-electron chi connectivity index (χ1n) is 7.03. The molecule has 7 nitrogen and oxygen atoms in total. The fraction of sp³-hybridized carbons (Fsp3) is 0.188. The highest BCUT2D eigenvalue weighted by atomic mass is 16.6. The first-order chi connectivity index (χ1) is 11.0. The topological polar surface area (TPSA) is 95.7 Å². The predicted octanol–water partition coefficient (Wildman–Crippen LogP) is 2.93. The van der Waals surface area contributed by atoms with E-state index in [-0.39, 0.29) is 24.5 Å². The molecule has 0 saturated carbocycles. The molecule has 0 heterocycles. The summed E-state index contributed by atoms with van der Waals surface area (Å²) < 4.78 is 0. The molecular formula is C16H17N3O4. The van der Waals surface area contributed by atoms with E-state index in [0.717, 1.165) is 5.56 Å². The molecule has 2 aromatic carbocycles. The number of para-hydroxylation sites is 3. The summed E-state index contributed by atoms with van der Waals surface area (Å²) in [6.45, 7) is 1.70. The fourth-order valence-electron chi connectivity index (χ4n) is 2.22. The Balaban J connectivity index is 2.30. The van der Waals surface area contributed by atoms with Gasteiger partial charge in [-0.3, -0.25) is 15.0 Å². The number of nitro benzene ring substituents is 1. The van der Waals surface area contributed by atoms with Crippen LogP contribution in [0.1, 0.15) is 5.56 Å². The molecule has 0 aliphatic carbocycles. The molecule has 0 aliphatic heterocycles. The molecule has 0 radical (unpaired) electrons. The summed E-state index contributed by atoms with van der Waals surface area (Å²) in [6.07, 6.45) is 0. The molecular weight excluding hydrogens is 298 g/mol. The highest BCUT2D eigenvalue weighted by Gasteiger charge is 2.20. The zero-order valence-electron chi connectivity index (χ0n) is 12.6. The van der Waals surface area contributed by atoms with E-state index in [9.17, 15) is 20.0 Å². The average Bonchev–Trinajstić information content (AvgIpc) is 2.53. The Morgan fingerprint density at radius 2 is 1.87 bits per heavy atom. The minimum Gasteiger partial charge on any atom is -0.395 e. The lowest BCUT2D eigenvalue weighted by Gasteiger charge is -2.24. The summed E-state index contributed by atoms with van der Waals surface area (Å²) >= 11 is 0. The highest BCUT2D eigenvalue weighted by molar-refractivity contribution is 6.03. The number of rotatable bonds is 5. The largest absolute Gasteiger partial charge is 0.395 e. The molecule has 0 atom stereocenters. The van der Waals surface area contributed by atoms with Crippen LogP contribution >= 0.6 is 0 Å². The van der Waals surface area contributed by atoms with E-state index in [1.807, 2.05) is 19.1 Å². The quantitative estimate of drug-likeness (QED) is 0.655. The van der Waals surface area contributed by atoms with Gasteiger partial charge < -0.3 is 10.4 Å². The maximum absolute atomic E-state index is 12.5. The van der Waals surface area contributed by atoms with Crippen LogP contribution < -0.4 is 10.2 Å². The molecule has 2 N–H and O–H groups in total. The number of nitro groups is 1. The van der Waals surface area contributed by atoms with Crippen LogP contribution in [0, 0.1) is 17.0 Å². The molecule has 0 bridgehead atoms. The molecule has 0 spiro atoms. The van der Waals surface area contributed by atoms with Crippen molar-refractivity contribution in [1.82, 2.24) is 0 Å².